The second-order valence-corrected chi connectivity index (χ2v) is 5.58. The summed E-state index contributed by atoms with van der Waals surface area (Å²) in [5, 5.41) is 3.03. The zero-order valence-electron chi connectivity index (χ0n) is 11.5. The van der Waals surface area contributed by atoms with Gasteiger partial charge in [0.25, 0.3) is 5.91 Å². The fraction of sp³-hybridized carbons (Fsp3) is 0. The van der Waals surface area contributed by atoms with E-state index in [1.54, 1.807) is 24.3 Å². The number of hydrogen-bond acceptors (Lipinski definition) is 2. The van der Waals surface area contributed by atoms with Gasteiger partial charge in [0, 0.05) is 10.6 Å². The monoisotopic (exact) mass is 350 g/mol. The molecule has 1 heterocycles. The molecule has 0 aliphatic carbocycles. The van der Waals surface area contributed by atoms with Gasteiger partial charge in [0.1, 0.15) is 11.5 Å². The van der Waals surface area contributed by atoms with Crippen molar-refractivity contribution in [1.82, 2.24) is 5.32 Å². The average molecular weight is 351 g/mol. The van der Waals surface area contributed by atoms with Crippen LogP contribution in [0.15, 0.2) is 48.2 Å². The molecular weight excluding hydrogens is 342 g/mol. The topological polar surface area (TPSA) is 49.4 Å². The summed E-state index contributed by atoms with van der Waals surface area (Å²) in [5.74, 6) is -1.19. The first-order chi connectivity index (χ1) is 11.0. The molecule has 1 aliphatic rings. The molecule has 0 atom stereocenters. The molecule has 1 fully saturated rings. The SMILES string of the molecule is O=C1N/C(=C/c2c(F)cccc2Cl)C(=O)N1c1ccc(Cl)cc1. The van der Waals surface area contributed by atoms with Gasteiger partial charge in [-0.2, -0.15) is 0 Å². The highest BCUT2D eigenvalue weighted by Crippen LogP contribution is 2.26. The minimum Gasteiger partial charge on any atom is -0.302 e. The van der Waals surface area contributed by atoms with Crippen LogP contribution in [-0.2, 0) is 4.79 Å². The molecule has 3 rings (SSSR count). The first-order valence-corrected chi connectivity index (χ1v) is 7.29. The molecule has 116 valence electrons. The van der Waals surface area contributed by atoms with Gasteiger partial charge >= 0.3 is 6.03 Å². The smallest absolute Gasteiger partial charge is 0.302 e. The van der Waals surface area contributed by atoms with Gasteiger partial charge in [0.15, 0.2) is 0 Å². The lowest BCUT2D eigenvalue weighted by Gasteiger charge is -2.11. The lowest BCUT2D eigenvalue weighted by molar-refractivity contribution is -0.113. The van der Waals surface area contributed by atoms with Crippen LogP contribution < -0.4 is 10.2 Å². The van der Waals surface area contributed by atoms with E-state index in [-0.39, 0.29) is 16.3 Å². The van der Waals surface area contributed by atoms with Gasteiger partial charge in [-0.1, -0.05) is 29.3 Å². The normalized spacial score (nSPS) is 16.1. The molecule has 3 amide bonds. The predicted molar refractivity (Wildman–Crippen MR) is 86.9 cm³/mol. The summed E-state index contributed by atoms with van der Waals surface area (Å²) >= 11 is 11.7. The van der Waals surface area contributed by atoms with Gasteiger partial charge in [0.05, 0.1) is 10.7 Å². The number of hydrogen-bond donors (Lipinski definition) is 1. The van der Waals surface area contributed by atoms with Crippen molar-refractivity contribution in [3.63, 3.8) is 0 Å². The number of carbonyl (C=O) groups is 2. The van der Waals surface area contributed by atoms with E-state index in [0.29, 0.717) is 10.7 Å². The van der Waals surface area contributed by atoms with Gasteiger partial charge < -0.3 is 5.32 Å². The Hall–Kier alpha value is -2.37. The Morgan fingerprint density at radius 2 is 1.74 bits per heavy atom. The van der Waals surface area contributed by atoms with E-state index in [0.717, 1.165) is 4.90 Å². The third-order valence-corrected chi connectivity index (χ3v) is 3.83. The van der Waals surface area contributed by atoms with Gasteiger partial charge in [-0.25, -0.2) is 14.1 Å². The number of carbonyl (C=O) groups excluding carboxylic acids is 2. The van der Waals surface area contributed by atoms with Crippen LogP contribution >= 0.6 is 23.2 Å². The van der Waals surface area contributed by atoms with Crippen molar-refractivity contribution in [2.45, 2.75) is 0 Å². The van der Waals surface area contributed by atoms with Crippen molar-refractivity contribution >= 4 is 46.9 Å². The molecule has 0 aromatic heterocycles. The number of anilines is 1. The Morgan fingerprint density at radius 1 is 1.04 bits per heavy atom. The second-order valence-electron chi connectivity index (χ2n) is 4.74. The van der Waals surface area contributed by atoms with Crippen molar-refractivity contribution in [3.8, 4) is 0 Å². The minimum atomic E-state index is -0.629. The highest BCUT2D eigenvalue weighted by Gasteiger charge is 2.35. The van der Waals surface area contributed by atoms with E-state index < -0.39 is 17.8 Å². The molecule has 1 aliphatic heterocycles. The summed E-state index contributed by atoms with van der Waals surface area (Å²) in [6, 6.07) is 9.74. The summed E-state index contributed by atoms with van der Waals surface area (Å²) in [4.78, 5) is 25.4. The predicted octanol–water partition coefficient (Wildman–Crippen LogP) is 4.23. The number of rotatable bonds is 2. The molecule has 0 radical (unpaired) electrons. The highest BCUT2D eigenvalue weighted by atomic mass is 35.5. The van der Waals surface area contributed by atoms with E-state index in [1.807, 2.05) is 0 Å². The minimum absolute atomic E-state index is 0.0378. The molecule has 0 bridgehead atoms. The number of nitrogens with zero attached hydrogens (tertiary/aromatic N) is 1. The molecule has 1 N–H and O–H groups in total. The van der Waals surface area contributed by atoms with Gasteiger partial charge in [-0.3, -0.25) is 4.79 Å². The van der Waals surface area contributed by atoms with E-state index in [9.17, 15) is 14.0 Å². The summed E-state index contributed by atoms with van der Waals surface area (Å²) in [5.41, 5.74) is 0.340. The van der Waals surface area contributed by atoms with Crippen LogP contribution in [0, 0.1) is 5.82 Å². The first kappa shape index (κ1) is 15.5. The Morgan fingerprint density at radius 3 is 2.39 bits per heavy atom. The van der Waals surface area contributed by atoms with Crippen molar-refractivity contribution < 1.29 is 14.0 Å². The number of benzene rings is 2. The lowest BCUT2D eigenvalue weighted by Crippen LogP contribution is -2.30. The van der Waals surface area contributed by atoms with E-state index >= 15 is 0 Å². The van der Waals surface area contributed by atoms with Gasteiger partial charge in [-0.05, 0) is 42.5 Å². The van der Waals surface area contributed by atoms with Gasteiger partial charge in [0.2, 0.25) is 0 Å². The molecule has 4 nitrogen and oxygen atoms in total. The fourth-order valence-corrected chi connectivity index (χ4v) is 2.50. The molecule has 1 saturated heterocycles. The largest absolute Gasteiger partial charge is 0.333 e. The van der Waals surface area contributed by atoms with E-state index in [4.69, 9.17) is 23.2 Å². The average Bonchev–Trinajstić information content (AvgIpc) is 2.79. The molecule has 0 spiro atoms. The van der Waals surface area contributed by atoms with Gasteiger partial charge in [-0.15, -0.1) is 0 Å². The maximum absolute atomic E-state index is 13.8. The third-order valence-electron chi connectivity index (χ3n) is 3.25. The third kappa shape index (κ3) is 2.93. The summed E-state index contributed by atoms with van der Waals surface area (Å²) in [6.45, 7) is 0. The molecule has 7 heteroatoms. The van der Waals surface area contributed by atoms with Crippen molar-refractivity contribution in [3.05, 3.63) is 69.6 Å². The number of halogens is 3. The maximum Gasteiger partial charge on any atom is 0.333 e. The van der Waals surface area contributed by atoms with E-state index in [2.05, 4.69) is 5.32 Å². The molecular formula is C16H9Cl2FN2O2. The number of urea groups is 1. The molecule has 23 heavy (non-hydrogen) atoms. The number of amides is 3. The summed E-state index contributed by atoms with van der Waals surface area (Å²) < 4.78 is 13.8. The van der Waals surface area contributed by atoms with Crippen LogP contribution in [0.5, 0.6) is 0 Å². The second kappa shape index (κ2) is 6.02. The molecule has 2 aromatic rings. The van der Waals surface area contributed by atoms with Crippen LogP contribution in [0.25, 0.3) is 6.08 Å². The Bertz CT molecular complexity index is 814. The number of imide groups is 1. The Kier molecular flexibility index (Phi) is 4.07. The Balaban J connectivity index is 1.98. The van der Waals surface area contributed by atoms with Crippen molar-refractivity contribution in [2.24, 2.45) is 0 Å². The number of nitrogens with one attached hydrogen (secondary N) is 1. The van der Waals surface area contributed by atoms with E-state index in [1.165, 1.54) is 24.3 Å². The zero-order chi connectivity index (χ0) is 16.6. The van der Waals surface area contributed by atoms with Crippen LogP contribution in [0.3, 0.4) is 0 Å². The highest BCUT2D eigenvalue weighted by molar-refractivity contribution is 6.33. The van der Waals surface area contributed by atoms with Crippen LogP contribution in [0.2, 0.25) is 10.0 Å². The van der Waals surface area contributed by atoms with Crippen LogP contribution in [0.4, 0.5) is 14.9 Å². The quantitative estimate of drug-likeness (QED) is 0.650. The summed E-state index contributed by atoms with van der Waals surface area (Å²) in [6.07, 6.45) is 1.22. The van der Waals surface area contributed by atoms with Crippen LogP contribution in [0.1, 0.15) is 5.56 Å². The standard InChI is InChI=1S/C16H9Cl2FN2O2/c17-9-4-6-10(7-5-9)21-15(22)14(20-16(21)23)8-11-12(18)2-1-3-13(11)19/h1-8H,(H,20,23)/b14-8+. The maximum atomic E-state index is 13.8. The first-order valence-electron chi connectivity index (χ1n) is 6.54. The van der Waals surface area contributed by atoms with Crippen LogP contribution in [-0.4, -0.2) is 11.9 Å². The summed E-state index contributed by atoms with van der Waals surface area (Å²) in [7, 11) is 0. The van der Waals surface area contributed by atoms with Crippen molar-refractivity contribution in [1.29, 1.82) is 0 Å². The lowest BCUT2D eigenvalue weighted by atomic mass is 10.1. The molecule has 0 unspecified atom stereocenters. The Labute approximate surface area is 141 Å². The fourth-order valence-electron chi connectivity index (χ4n) is 2.15. The molecule has 2 aromatic carbocycles. The van der Waals surface area contributed by atoms with Crippen molar-refractivity contribution in [2.75, 3.05) is 4.90 Å². The zero-order valence-corrected chi connectivity index (χ0v) is 13.0. The molecule has 0 saturated carbocycles.